The third kappa shape index (κ3) is 5.39. The molecule has 7 heteroatoms. The summed E-state index contributed by atoms with van der Waals surface area (Å²) in [6.07, 6.45) is 6.63. The van der Waals surface area contributed by atoms with Crippen molar-refractivity contribution in [2.45, 2.75) is 38.5 Å². The van der Waals surface area contributed by atoms with Crippen LogP contribution in [-0.2, 0) is 0 Å². The van der Waals surface area contributed by atoms with Crippen LogP contribution in [0.2, 0.25) is 0 Å². The Hall–Kier alpha value is -2.90. The van der Waals surface area contributed by atoms with E-state index in [9.17, 15) is 4.79 Å². The van der Waals surface area contributed by atoms with Crippen molar-refractivity contribution < 1.29 is 13.9 Å². The van der Waals surface area contributed by atoms with Gasteiger partial charge in [-0.3, -0.25) is 9.69 Å². The highest BCUT2D eigenvalue weighted by molar-refractivity contribution is 7.13. The number of Topliss-reactive ketones (excluding diaryl/α,β-unsaturated/α-hetero) is 1. The fourth-order valence-corrected chi connectivity index (χ4v) is 6.82. The van der Waals surface area contributed by atoms with E-state index < -0.39 is 0 Å². The summed E-state index contributed by atoms with van der Waals surface area (Å²) >= 11 is 1.61. The fourth-order valence-electron chi connectivity index (χ4n) is 6.02. The van der Waals surface area contributed by atoms with E-state index in [-0.39, 0.29) is 5.78 Å². The Bertz CT molecular complexity index is 1360. The Kier molecular flexibility index (Phi) is 7.16. The summed E-state index contributed by atoms with van der Waals surface area (Å²) < 4.78 is 17.1. The maximum absolute atomic E-state index is 12.9. The lowest BCUT2D eigenvalue weighted by molar-refractivity contribution is 0.0915. The molecule has 1 aliphatic heterocycles. The number of benzene rings is 2. The summed E-state index contributed by atoms with van der Waals surface area (Å²) in [4.78, 5) is 18.0. The van der Waals surface area contributed by atoms with Gasteiger partial charge in [-0.15, -0.1) is 0 Å². The van der Waals surface area contributed by atoms with Crippen molar-refractivity contribution in [3.63, 3.8) is 0 Å². The molecule has 194 valence electrons. The van der Waals surface area contributed by atoms with Crippen LogP contribution in [0.5, 0.6) is 5.75 Å². The normalized spacial score (nSPS) is 21.1. The van der Waals surface area contributed by atoms with Gasteiger partial charge in [0.05, 0.1) is 11.8 Å². The van der Waals surface area contributed by atoms with E-state index in [4.69, 9.17) is 13.5 Å². The van der Waals surface area contributed by atoms with Crippen LogP contribution in [0.4, 0.5) is 5.82 Å². The molecule has 0 bridgehead atoms. The minimum Gasteiger partial charge on any atom is -0.497 e. The molecule has 1 saturated carbocycles. The monoisotopic (exact) mass is 517 g/mol. The third-order valence-electron chi connectivity index (χ3n) is 8.32. The zero-order valence-corrected chi connectivity index (χ0v) is 22.3. The first-order chi connectivity index (χ1) is 18.2. The maximum atomic E-state index is 12.9. The highest BCUT2D eigenvalue weighted by Crippen LogP contribution is 2.35. The number of carbonyl (C=O) groups excluding carboxylic acids is 1. The van der Waals surface area contributed by atoms with E-state index in [0.717, 1.165) is 67.5 Å². The molecule has 0 N–H and O–H groups in total. The zero-order valence-electron chi connectivity index (χ0n) is 21.5. The van der Waals surface area contributed by atoms with Crippen molar-refractivity contribution >= 4 is 44.2 Å². The van der Waals surface area contributed by atoms with Gasteiger partial charge < -0.3 is 14.1 Å². The van der Waals surface area contributed by atoms with Crippen LogP contribution in [0.15, 0.2) is 52.9 Å². The Morgan fingerprint density at radius 1 is 1.03 bits per heavy atom. The molecule has 1 saturated heterocycles. The summed E-state index contributed by atoms with van der Waals surface area (Å²) in [5, 5.41) is 2.21. The molecule has 0 amide bonds. The number of ketones is 1. The smallest absolute Gasteiger partial charge is 0.198 e. The predicted octanol–water partition coefficient (Wildman–Crippen LogP) is 6.64. The van der Waals surface area contributed by atoms with E-state index >= 15 is 0 Å². The topological polar surface area (TPSA) is 58.8 Å². The number of anilines is 1. The Morgan fingerprint density at radius 3 is 2.62 bits per heavy atom. The summed E-state index contributed by atoms with van der Waals surface area (Å²) in [5.41, 5.74) is 0.744. The quantitative estimate of drug-likeness (QED) is 0.244. The average Bonchev–Trinajstić information content (AvgIpc) is 3.57. The predicted molar refractivity (Wildman–Crippen MR) is 150 cm³/mol. The first-order valence-corrected chi connectivity index (χ1v) is 14.4. The number of fused-ring (bicyclic) bond motifs is 2. The molecular weight excluding hydrogens is 482 g/mol. The van der Waals surface area contributed by atoms with Gasteiger partial charge >= 0.3 is 0 Å². The molecular formula is C30H35N3O3S. The van der Waals surface area contributed by atoms with Crippen LogP contribution in [0.1, 0.15) is 49.1 Å². The van der Waals surface area contributed by atoms with Gasteiger partial charge in [-0.1, -0.05) is 25.0 Å². The molecule has 2 aromatic carbocycles. The molecule has 2 aliphatic rings. The van der Waals surface area contributed by atoms with Crippen molar-refractivity contribution in [1.29, 1.82) is 0 Å². The first-order valence-electron chi connectivity index (χ1n) is 13.6. The second kappa shape index (κ2) is 10.8. The lowest BCUT2D eigenvalue weighted by Crippen LogP contribution is -2.47. The third-order valence-corrected chi connectivity index (χ3v) is 9.14. The van der Waals surface area contributed by atoms with Gasteiger partial charge in [0.2, 0.25) is 0 Å². The number of carbonyl (C=O) groups is 1. The van der Waals surface area contributed by atoms with Crippen molar-refractivity contribution in [3.05, 3.63) is 54.3 Å². The number of methoxy groups -OCH3 is 1. The zero-order chi connectivity index (χ0) is 25.2. The molecule has 4 aromatic rings. The van der Waals surface area contributed by atoms with Crippen LogP contribution < -0.4 is 9.64 Å². The molecule has 0 unspecified atom stereocenters. The largest absolute Gasteiger partial charge is 0.497 e. The van der Waals surface area contributed by atoms with Crippen LogP contribution in [0.3, 0.4) is 0 Å². The van der Waals surface area contributed by atoms with Crippen LogP contribution >= 0.6 is 11.5 Å². The SMILES string of the molecule is COc1ccc2oc(C(=O)CC3CCC(CCN4CCN(c5nsc6ccccc56)CC4)CC3)cc2c1. The van der Waals surface area contributed by atoms with E-state index in [1.807, 2.05) is 24.3 Å². The lowest BCUT2D eigenvalue weighted by Gasteiger charge is -2.36. The second-order valence-corrected chi connectivity index (χ2v) is 11.5. The van der Waals surface area contributed by atoms with E-state index in [1.165, 1.54) is 35.9 Å². The van der Waals surface area contributed by atoms with E-state index in [0.29, 0.717) is 18.1 Å². The number of hydrogen-bond donors (Lipinski definition) is 0. The van der Waals surface area contributed by atoms with Crippen LogP contribution in [-0.4, -0.2) is 54.9 Å². The molecule has 2 fully saturated rings. The van der Waals surface area contributed by atoms with Crippen molar-refractivity contribution in [2.75, 3.05) is 44.7 Å². The molecule has 3 heterocycles. The number of piperazine rings is 1. The van der Waals surface area contributed by atoms with Crippen LogP contribution in [0, 0.1) is 11.8 Å². The van der Waals surface area contributed by atoms with Crippen molar-refractivity contribution in [3.8, 4) is 5.75 Å². The number of aromatic nitrogens is 1. The van der Waals surface area contributed by atoms with Gasteiger partial charge in [-0.25, -0.2) is 0 Å². The molecule has 6 rings (SSSR count). The molecule has 37 heavy (non-hydrogen) atoms. The fraction of sp³-hybridized carbons (Fsp3) is 0.467. The van der Waals surface area contributed by atoms with E-state index in [2.05, 4.69) is 34.1 Å². The summed E-state index contributed by atoms with van der Waals surface area (Å²) in [6.45, 7) is 5.51. The molecule has 0 radical (unpaired) electrons. The summed E-state index contributed by atoms with van der Waals surface area (Å²) in [6, 6.07) is 16.1. The van der Waals surface area contributed by atoms with Gasteiger partial charge in [0, 0.05) is 43.4 Å². The van der Waals surface area contributed by atoms with Gasteiger partial charge in [0.25, 0.3) is 0 Å². The Labute approximate surface area is 222 Å². The summed E-state index contributed by atoms with van der Waals surface area (Å²) in [7, 11) is 1.65. The first kappa shape index (κ1) is 24.4. The number of ether oxygens (including phenoxy) is 1. The van der Waals surface area contributed by atoms with E-state index in [1.54, 1.807) is 18.6 Å². The van der Waals surface area contributed by atoms with Gasteiger partial charge in [0.1, 0.15) is 17.2 Å². The summed E-state index contributed by atoms with van der Waals surface area (Å²) in [5.74, 6) is 3.81. The molecule has 6 nitrogen and oxygen atoms in total. The van der Waals surface area contributed by atoms with Crippen molar-refractivity contribution in [2.24, 2.45) is 11.8 Å². The minimum absolute atomic E-state index is 0.129. The molecule has 2 aromatic heterocycles. The van der Waals surface area contributed by atoms with Gasteiger partial charge in [-0.05, 0) is 85.6 Å². The number of hydrogen-bond acceptors (Lipinski definition) is 7. The maximum Gasteiger partial charge on any atom is 0.198 e. The number of nitrogens with zero attached hydrogens (tertiary/aromatic N) is 3. The Balaban J connectivity index is 0.932. The minimum atomic E-state index is 0.129. The van der Waals surface area contributed by atoms with Crippen LogP contribution in [0.25, 0.3) is 21.1 Å². The highest BCUT2D eigenvalue weighted by atomic mass is 32.1. The number of rotatable bonds is 8. The standard InChI is InChI=1S/C30H35N3O3S/c1-35-24-10-11-27-23(19-24)20-28(36-27)26(34)18-22-8-6-21(7-9-22)12-13-32-14-16-33(17-15-32)30-25-4-2-3-5-29(25)37-31-30/h2-5,10-11,19-22H,6-9,12-18H2,1H3. The molecule has 0 spiro atoms. The van der Waals surface area contributed by atoms with Gasteiger partial charge in [-0.2, -0.15) is 4.37 Å². The molecule has 1 aliphatic carbocycles. The number of furan rings is 1. The lowest BCUT2D eigenvalue weighted by atomic mass is 9.78. The highest BCUT2D eigenvalue weighted by Gasteiger charge is 2.26. The average molecular weight is 518 g/mol. The van der Waals surface area contributed by atoms with Gasteiger partial charge in [0.15, 0.2) is 11.5 Å². The second-order valence-electron chi connectivity index (χ2n) is 10.6. The Morgan fingerprint density at radius 2 is 1.81 bits per heavy atom. The molecule has 0 atom stereocenters. The van der Waals surface area contributed by atoms with Crippen molar-refractivity contribution in [1.82, 2.24) is 9.27 Å².